The largest absolute Gasteiger partial charge is 0.119 e. The first kappa shape index (κ1) is 13.1. The van der Waals surface area contributed by atoms with Gasteiger partial charge in [0.2, 0.25) is 0 Å². The Morgan fingerprint density at radius 1 is 0.857 bits per heavy atom. The van der Waals surface area contributed by atoms with E-state index < -0.39 is 0 Å². The molecular formula is C14H22. The second-order valence-corrected chi connectivity index (χ2v) is 3.61. The van der Waals surface area contributed by atoms with Crippen LogP contribution in [0.3, 0.4) is 0 Å². The van der Waals surface area contributed by atoms with Gasteiger partial charge in [-0.3, -0.25) is 0 Å². The molecule has 0 atom stereocenters. The second-order valence-electron chi connectivity index (χ2n) is 3.61. The first-order valence-corrected chi connectivity index (χ1v) is 5.81. The molecule has 0 aromatic carbocycles. The van der Waals surface area contributed by atoms with E-state index in [-0.39, 0.29) is 0 Å². The van der Waals surface area contributed by atoms with Crippen molar-refractivity contribution in [1.29, 1.82) is 0 Å². The molecule has 0 heteroatoms. The summed E-state index contributed by atoms with van der Waals surface area (Å²) in [5, 5.41) is 0. The Bertz CT molecular complexity index is 196. The van der Waals surface area contributed by atoms with Crippen LogP contribution in [0.2, 0.25) is 0 Å². The van der Waals surface area contributed by atoms with Crippen LogP contribution in [-0.4, -0.2) is 0 Å². The predicted molar refractivity (Wildman–Crippen MR) is 63.8 cm³/mol. The van der Waals surface area contributed by atoms with Crippen LogP contribution >= 0.6 is 0 Å². The third-order valence-electron chi connectivity index (χ3n) is 2.22. The van der Waals surface area contributed by atoms with Gasteiger partial charge < -0.3 is 0 Å². The van der Waals surface area contributed by atoms with Crippen LogP contribution < -0.4 is 0 Å². The summed E-state index contributed by atoms with van der Waals surface area (Å²) in [5.74, 6) is 8.58. The van der Waals surface area contributed by atoms with Gasteiger partial charge in [-0.05, 0) is 6.42 Å². The molecule has 0 aromatic rings. The Labute approximate surface area is 89.5 Å². The van der Waals surface area contributed by atoms with Gasteiger partial charge in [-0.1, -0.05) is 57.3 Å². The summed E-state index contributed by atoms with van der Waals surface area (Å²) in [5.41, 5.74) is 0. The molecule has 0 unspecified atom stereocenters. The molecular weight excluding hydrogens is 168 g/mol. The summed E-state index contributed by atoms with van der Waals surface area (Å²) in [6.45, 7) is 2.25. The molecule has 0 aliphatic heterocycles. The van der Waals surface area contributed by atoms with Crippen molar-refractivity contribution in [2.45, 2.75) is 64.7 Å². The molecule has 0 heterocycles. The monoisotopic (exact) mass is 190 g/mol. The Morgan fingerprint density at radius 2 is 1.50 bits per heavy atom. The molecule has 0 aromatic heterocycles. The molecule has 0 N–H and O–H groups in total. The smallest absolute Gasteiger partial charge is 0.0700 e. The minimum atomic E-state index is 0.608. The lowest BCUT2D eigenvalue weighted by atomic mass is 10.1. The third-order valence-corrected chi connectivity index (χ3v) is 2.22. The summed E-state index contributed by atoms with van der Waals surface area (Å²) in [4.78, 5) is 0. The molecule has 14 heavy (non-hydrogen) atoms. The molecule has 0 radical (unpaired) electrons. The topological polar surface area (TPSA) is 0 Å². The van der Waals surface area contributed by atoms with Gasteiger partial charge in [-0.15, -0.1) is 12.3 Å². The second kappa shape index (κ2) is 12.1. The standard InChI is InChI=1S/C14H22/c1-3-5-7-9-11-13-14-12-10-8-6-4-2/h1H,4-6,8,10-14H2,2H3. The maximum Gasteiger partial charge on any atom is 0.0700 e. The summed E-state index contributed by atoms with van der Waals surface area (Å²) in [7, 11) is 0. The van der Waals surface area contributed by atoms with Gasteiger partial charge >= 0.3 is 0 Å². The van der Waals surface area contributed by atoms with E-state index in [2.05, 4.69) is 24.7 Å². The van der Waals surface area contributed by atoms with Gasteiger partial charge in [0, 0.05) is 6.42 Å². The zero-order valence-corrected chi connectivity index (χ0v) is 9.44. The van der Waals surface area contributed by atoms with E-state index >= 15 is 0 Å². The Balaban J connectivity index is 3.00. The molecule has 0 aliphatic carbocycles. The molecule has 0 spiro atoms. The van der Waals surface area contributed by atoms with Crippen molar-refractivity contribution in [2.24, 2.45) is 0 Å². The fourth-order valence-corrected chi connectivity index (χ4v) is 1.37. The van der Waals surface area contributed by atoms with Gasteiger partial charge in [0.1, 0.15) is 0 Å². The summed E-state index contributed by atoms with van der Waals surface area (Å²) in [6, 6.07) is 0. The number of rotatable bonds is 7. The fourth-order valence-electron chi connectivity index (χ4n) is 1.37. The van der Waals surface area contributed by atoms with E-state index in [1.54, 1.807) is 0 Å². The van der Waals surface area contributed by atoms with E-state index in [4.69, 9.17) is 6.42 Å². The molecule has 0 nitrogen and oxygen atoms in total. The zero-order valence-electron chi connectivity index (χ0n) is 9.44. The highest BCUT2D eigenvalue weighted by Gasteiger charge is 1.88. The highest BCUT2D eigenvalue weighted by atomic mass is 13.9. The Hall–Kier alpha value is -0.880. The normalized spacial score (nSPS) is 8.86. The maximum absolute atomic E-state index is 5.08. The third kappa shape index (κ3) is 11.1. The molecule has 0 bridgehead atoms. The van der Waals surface area contributed by atoms with Gasteiger partial charge in [0.25, 0.3) is 0 Å². The highest BCUT2D eigenvalue weighted by Crippen LogP contribution is 2.07. The first-order valence-electron chi connectivity index (χ1n) is 5.81. The summed E-state index contributed by atoms with van der Waals surface area (Å²) >= 11 is 0. The predicted octanol–water partition coefficient (Wildman–Crippen LogP) is 4.15. The van der Waals surface area contributed by atoms with Gasteiger partial charge in [0.05, 0.1) is 6.42 Å². The van der Waals surface area contributed by atoms with Crippen LogP contribution in [0, 0.1) is 24.2 Å². The number of hydrogen-bond donors (Lipinski definition) is 0. The van der Waals surface area contributed by atoms with Crippen molar-refractivity contribution < 1.29 is 0 Å². The number of unbranched alkanes of at least 4 members (excludes halogenated alkanes) is 7. The van der Waals surface area contributed by atoms with E-state index in [0.717, 1.165) is 6.42 Å². The van der Waals surface area contributed by atoms with E-state index in [9.17, 15) is 0 Å². The van der Waals surface area contributed by atoms with Crippen molar-refractivity contribution in [3.8, 4) is 24.2 Å². The van der Waals surface area contributed by atoms with Crippen molar-refractivity contribution in [1.82, 2.24) is 0 Å². The van der Waals surface area contributed by atoms with Crippen molar-refractivity contribution >= 4 is 0 Å². The van der Waals surface area contributed by atoms with E-state index in [1.807, 2.05) is 0 Å². The molecule has 78 valence electrons. The van der Waals surface area contributed by atoms with Crippen LogP contribution in [0.1, 0.15) is 64.7 Å². The minimum absolute atomic E-state index is 0.608. The number of hydrogen-bond acceptors (Lipinski definition) is 0. The van der Waals surface area contributed by atoms with Gasteiger partial charge in [0.15, 0.2) is 0 Å². The van der Waals surface area contributed by atoms with Crippen LogP contribution in [0.5, 0.6) is 0 Å². The number of terminal acetylenes is 1. The molecule has 0 saturated heterocycles. The van der Waals surface area contributed by atoms with Crippen LogP contribution in [-0.2, 0) is 0 Å². The van der Waals surface area contributed by atoms with E-state index in [1.165, 1.54) is 44.9 Å². The lowest BCUT2D eigenvalue weighted by Crippen LogP contribution is -1.78. The van der Waals surface area contributed by atoms with Gasteiger partial charge in [-0.25, -0.2) is 0 Å². The average Bonchev–Trinajstić information content (AvgIpc) is 2.21. The minimum Gasteiger partial charge on any atom is -0.119 e. The molecule has 0 fully saturated rings. The zero-order chi connectivity index (χ0) is 10.5. The van der Waals surface area contributed by atoms with Crippen molar-refractivity contribution in [3.63, 3.8) is 0 Å². The lowest BCUT2D eigenvalue weighted by Gasteiger charge is -1.97. The molecule has 0 amide bonds. The van der Waals surface area contributed by atoms with Crippen LogP contribution in [0.4, 0.5) is 0 Å². The van der Waals surface area contributed by atoms with Gasteiger partial charge in [-0.2, -0.15) is 0 Å². The summed E-state index contributed by atoms with van der Waals surface area (Å²) < 4.78 is 0. The highest BCUT2D eigenvalue weighted by molar-refractivity contribution is 5.07. The van der Waals surface area contributed by atoms with Crippen molar-refractivity contribution in [2.75, 3.05) is 0 Å². The average molecular weight is 190 g/mol. The lowest BCUT2D eigenvalue weighted by molar-refractivity contribution is 0.594. The molecule has 0 saturated carbocycles. The van der Waals surface area contributed by atoms with E-state index in [0.29, 0.717) is 6.42 Å². The fraction of sp³-hybridized carbons (Fsp3) is 0.714. The summed E-state index contributed by atoms with van der Waals surface area (Å²) in [6.07, 6.45) is 16.2. The Kier molecular flexibility index (Phi) is 11.4. The van der Waals surface area contributed by atoms with Crippen molar-refractivity contribution in [3.05, 3.63) is 0 Å². The van der Waals surface area contributed by atoms with Crippen LogP contribution in [0.25, 0.3) is 0 Å². The first-order chi connectivity index (χ1) is 6.91. The SMILES string of the molecule is C#CCC#CCCCCCCCCC. The molecule has 0 rings (SSSR count). The van der Waals surface area contributed by atoms with Crippen LogP contribution in [0.15, 0.2) is 0 Å². The quantitative estimate of drug-likeness (QED) is 0.418. The maximum atomic E-state index is 5.08. The molecule has 0 aliphatic rings. The Morgan fingerprint density at radius 3 is 2.14 bits per heavy atom.